The largest absolute Gasteiger partial charge is 0.481 e. The molecule has 10 heteroatoms. The van der Waals surface area contributed by atoms with Gasteiger partial charge in [-0.2, -0.15) is 0 Å². The van der Waals surface area contributed by atoms with E-state index in [1.807, 2.05) is 0 Å². The average Bonchev–Trinajstić information content (AvgIpc) is 2.52. The van der Waals surface area contributed by atoms with Crippen molar-refractivity contribution < 1.29 is 23.8 Å². The van der Waals surface area contributed by atoms with Gasteiger partial charge in [-0.3, -0.25) is 19.4 Å². The maximum absolute atomic E-state index is 11.8. The Labute approximate surface area is 142 Å². The fourth-order valence-corrected chi connectivity index (χ4v) is 2.35. The molecule has 0 aromatic carbocycles. The van der Waals surface area contributed by atoms with Crippen LogP contribution in [-0.2, 0) is 20.9 Å². The Morgan fingerprint density at radius 3 is 2.75 bits per heavy atom. The summed E-state index contributed by atoms with van der Waals surface area (Å²) < 4.78 is 10.0. The number of H-pyrrole nitrogens is 1. The summed E-state index contributed by atoms with van der Waals surface area (Å²) in [6.07, 6.45) is -0.334. The highest BCUT2D eigenvalue weighted by Crippen LogP contribution is 2.22. The highest BCUT2D eigenvalue weighted by molar-refractivity contribution is 9.10. The number of carbonyl (C=O) groups is 2. The van der Waals surface area contributed by atoms with Crippen molar-refractivity contribution in [2.24, 2.45) is 5.73 Å². The van der Waals surface area contributed by atoms with Gasteiger partial charge in [-0.05, 0) is 28.4 Å². The van der Waals surface area contributed by atoms with E-state index < -0.39 is 29.2 Å². The van der Waals surface area contributed by atoms with Crippen molar-refractivity contribution in [3.05, 3.63) is 42.9 Å². The zero-order valence-electron chi connectivity index (χ0n) is 12.2. The predicted octanol–water partition coefficient (Wildman–Crippen LogP) is 0.479. The van der Waals surface area contributed by atoms with E-state index in [2.05, 4.69) is 20.9 Å². The molecule has 2 heterocycles. The number of ether oxygens (including phenoxy) is 1. The Balaban J connectivity index is 2.22. The Kier molecular flexibility index (Phi) is 5.52. The van der Waals surface area contributed by atoms with Crippen molar-refractivity contribution in [3.63, 3.8) is 0 Å². The standard InChI is InChI=1S/C14H13BrN2O7/c15-11-7(5-23-13(21)8(16)2-4-10(19)20)6-1-3-9(18)17-12(6)24-14(11)22/h1,3,8H,2,4-5,16H2,(H,17,18)(H,19,20)/t8-/m0/s1. The van der Waals surface area contributed by atoms with E-state index in [1.54, 1.807) is 0 Å². The lowest BCUT2D eigenvalue weighted by molar-refractivity contribution is -0.147. The first-order valence-corrected chi connectivity index (χ1v) is 7.57. The van der Waals surface area contributed by atoms with Gasteiger partial charge < -0.3 is 20.0 Å². The molecule has 0 aliphatic heterocycles. The number of hydrogen-bond acceptors (Lipinski definition) is 7. The molecule has 0 saturated carbocycles. The Hall–Kier alpha value is -2.46. The van der Waals surface area contributed by atoms with Crippen LogP contribution in [0.3, 0.4) is 0 Å². The molecule has 128 valence electrons. The minimum atomic E-state index is -1.09. The van der Waals surface area contributed by atoms with Gasteiger partial charge in [0.25, 0.3) is 5.56 Å². The Morgan fingerprint density at radius 1 is 1.38 bits per heavy atom. The summed E-state index contributed by atoms with van der Waals surface area (Å²) in [5.74, 6) is -1.87. The molecule has 9 nitrogen and oxygen atoms in total. The summed E-state index contributed by atoms with van der Waals surface area (Å²) in [6.45, 7) is -0.297. The molecule has 2 rings (SSSR count). The van der Waals surface area contributed by atoms with Crippen LogP contribution in [0.2, 0.25) is 0 Å². The molecule has 0 aliphatic rings. The normalized spacial score (nSPS) is 12.1. The highest BCUT2D eigenvalue weighted by atomic mass is 79.9. The van der Waals surface area contributed by atoms with E-state index in [9.17, 15) is 19.2 Å². The third kappa shape index (κ3) is 4.09. The van der Waals surface area contributed by atoms with Crippen LogP contribution in [0, 0.1) is 0 Å². The smallest absolute Gasteiger partial charge is 0.352 e. The number of carbonyl (C=O) groups excluding carboxylic acids is 1. The lowest BCUT2D eigenvalue weighted by Crippen LogP contribution is -2.32. The van der Waals surface area contributed by atoms with Gasteiger partial charge in [0, 0.05) is 23.4 Å². The number of carboxylic acids is 1. The van der Waals surface area contributed by atoms with Crippen molar-refractivity contribution >= 4 is 39.0 Å². The number of aliphatic carboxylic acids is 1. The third-order valence-electron chi connectivity index (χ3n) is 3.18. The van der Waals surface area contributed by atoms with Gasteiger partial charge in [-0.15, -0.1) is 0 Å². The minimum absolute atomic E-state index is 0.0445. The number of carboxylic acid groups (broad SMARTS) is 1. The molecule has 2 aromatic rings. The van der Waals surface area contributed by atoms with Crippen LogP contribution in [0.5, 0.6) is 0 Å². The Bertz CT molecular complexity index is 902. The predicted molar refractivity (Wildman–Crippen MR) is 85.4 cm³/mol. The maximum atomic E-state index is 11.8. The van der Waals surface area contributed by atoms with Crippen LogP contribution in [0.25, 0.3) is 11.1 Å². The van der Waals surface area contributed by atoms with E-state index >= 15 is 0 Å². The van der Waals surface area contributed by atoms with Gasteiger partial charge >= 0.3 is 17.6 Å². The number of aromatic nitrogens is 1. The van der Waals surface area contributed by atoms with Crippen LogP contribution in [0.15, 0.2) is 30.6 Å². The second-order valence-electron chi connectivity index (χ2n) is 4.89. The lowest BCUT2D eigenvalue weighted by atomic mass is 10.1. The number of nitrogens with one attached hydrogen (secondary N) is 1. The SMILES string of the molecule is N[C@@H](CCC(=O)O)C(=O)OCc1c(Br)c(=O)oc2[nH]c(=O)ccc12. The first-order valence-electron chi connectivity index (χ1n) is 6.78. The van der Waals surface area contributed by atoms with Gasteiger partial charge in [-0.1, -0.05) is 0 Å². The molecule has 0 saturated heterocycles. The van der Waals surface area contributed by atoms with E-state index in [4.69, 9.17) is 20.0 Å². The maximum Gasteiger partial charge on any atom is 0.352 e. The van der Waals surface area contributed by atoms with Crippen LogP contribution in [0.1, 0.15) is 18.4 Å². The van der Waals surface area contributed by atoms with Crippen molar-refractivity contribution in [1.82, 2.24) is 4.98 Å². The van der Waals surface area contributed by atoms with E-state index in [-0.39, 0.29) is 29.6 Å². The van der Waals surface area contributed by atoms with Crippen molar-refractivity contribution in [2.75, 3.05) is 0 Å². The molecule has 0 spiro atoms. The molecular formula is C14H13BrN2O7. The summed E-state index contributed by atoms with van der Waals surface area (Å²) >= 11 is 3.06. The molecule has 4 N–H and O–H groups in total. The van der Waals surface area contributed by atoms with E-state index in [0.717, 1.165) is 0 Å². The zero-order valence-corrected chi connectivity index (χ0v) is 13.8. The van der Waals surface area contributed by atoms with Crippen LogP contribution >= 0.6 is 15.9 Å². The average molecular weight is 401 g/mol. The van der Waals surface area contributed by atoms with Crippen LogP contribution in [0.4, 0.5) is 0 Å². The molecule has 24 heavy (non-hydrogen) atoms. The molecule has 0 bridgehead atoms. The molecule has 2 aromatic heterocycles. The topological polar surface area (TPSA) is 153 Å². The summed E-state index contributed by atoms with van der Waals surface area (Å²) in [5, 5.41) is 8.95. The number of hydrogen-bond donors (Lipinski definition) is 3. The van der Waals surface area contributed by atoms with Gasteiger partial charge in [0.1, 0.15) is 17.1 Å². The molecule has 0 fully saturated rings. The molecule has 0 aliphatic carbocycles. The highest BCUT2D eigenvalue weighted by Gasteiger charge is 2.19. The summed E-state index contributed by atoms with van der Waals surface area (Å²) in [6, 6.07) is 1.57. The first-order chi connectivity index (χ1) is 11.3. The third-order valence-corrected chi connectivity index (χ3v) is 3.98. The summed E-state index contributed by atoms with van der Waals surface area (Å²) in [5.41, 5.74) is 4.61. The number of pyridine rings is 1. The quantitative estimate of drug-likeness (QED) is 0.591. The fraction of sp³-hybridized carbons (Fsp3) is 0.286. The first kappa shape index (κ1) is 17.9. The van der Waals surface area contributed by atoms with Crippen molar-refractivity contribution in [2.45, 2.75) is 25.5 Å². The number of rotatable bonds is 6. The number of halogens is 1. The molecule has 0 unspecified atom stereocenters. The van der Waals surface area contributed by atoms with E-state index in [1.165, 1.54) is 12.1 Å². The van der Waals surface area contributed by atoms with Crippen LogP contribution < -0.4 is 16.9 Å². The van der Waals surface area contributed by atoms with Gasteiger partial charge in [0.15, 0.2) is 0 Å². The van der Waals surface area contributed by atoms with Crippen molar-refractivity contribution in [1.29, 1.82) is 0 Å². The molecule has 0 radical (unpaired) electrons. The minimum Gasteiger partial charge on any atom is -0.481 e. The lowest BCUT2D eigenvalue weighted by Gasteiger charge is -2.12. The second-order valence-corrected chi connectivity index (χ2v) is 5.69. The van der Waals surface area contributed by atoms with Gasteiger partial charge in [0.2, 0.25) is 5.71 Å². The molecule has 1 atom stereocenters. The monoisotopic (exact) mass is 400 g/mol. The molecular weight excluding hydrogens is 388 g/mol. The van der Waals surface area contributed by atoms with Gasteiger partial charge in [-0.25, -0.2) is 4.79 Å². The number of aromatic amines is 1. The van der Waals surface area contributed by atoms with Gasteiger partial charge in [0.05, 0.1) is 0 Å². The summed E-state index contributed by atoms with van der Waals surface area (Å²) in [7, 11) is 0. The summed E-state index contributed by atoms with van der Waals surface area (Å²) in [4.78, 5) is 47.7. The number of esters is 1. The van der Waals surface area contributed by atoms with Crippen molar-refractivity contribution in [3.8, 4) is 0 Å². The van der Waals surface area contributed by atoms with Crippen LogP contribution in [-0.4, -0.2) is 28.1 Å². The Morgan fingerprint density at radius 2 is 2.08 bits per heavy atom. The number of fused-ring (bicyclic) bond motifs is 1. The van der Waals surface area contributed by atoms with E-state index in [0.29, 0.717) is 10.9 Å². The number of nitrogens with two attached hydrogens (primary N) is 1. The molecule has 0 amide bonds. The fourth-order valence-electron chi connectivity index (χ4n) is 1.94. The second kappa shape index (κ2) is 7.41. The zero-order chi connectivity index (χ0) is 17.9.